The number of furan rings is 1. The summed E-state index contributed by atoms with van der Waals surface area (Å²) in [6.07, 6.45) is 0.908. The lowest BCUT2D eigenvalue weighted by molar-refractivity contribution is 0.126. The van der Waals surface area contributed by atoms with Crippen LogP contribution in [-0.4, -0.2) is 43.8 Å². The first-order valence-corrected chi connectivity index (χ1v) is 8.45. The first kappa shape index (κ1) is 17.0. The summed E-state index contributed by atoms with van der Waals surface area (Å²) < 4.78 is 12.4. The molecule has 3 aromatic rings. The van der Waals surface area contributed by atoms with Crippen LogP contribution in [0.15, 0.2) is 52.2 Å². The summed E-state index contributed by atoms with van der Waals surface area (Å²) in [6, 6.07) is 12.4. The largest absolute Gasteiger partial charge is 0.491 e. The number of ether oxygens (including phenoxy) is 1. The van der Waals surface area contributed by atoms with Crippen LogP contribution in [0.2, 0.25) is 0 Å². The Morgan fingerprint density at radius 3 is 2.88 bits per heavy atom. The first-order chi connectivity index (χ1) is 12.2. The van der Waals surface area contributed by atoms with E-state index in [1.165, 1.54) is 11.8 Å². The number of tetrazole rings is 1. The molecular formula is C16H15N5O3S. The molecule has 3 rings (SSSR count). The fourth-order valence-electron chi connectivity index (χ4n) is 1.99. The Labute approximate surface area is 148 Å². The highest BCUT2D eigenvalue weighted by atomic mass is 32.2. The van der Waals surface area contributed by atoms with Gasteiger partial charge in [-0.2, -0.15) is 5.26 Å². The van der Waals surface area contributed by atoms with E-state index in [4.69, 9.17) is 14.4 Å². The molecule has 0 aliphatic heterocycles. The van der Waals surface area contributed by atoms with Gasteiger partial charge in [0.15, 0.2) is 0 Å². The second kappa shape index (κ2) is 8.32. The van der Waals surface area contributed by atoms with E-state index in [-0.39, 0.29) is 6.61 Å². The summed E-state index contributed by atoms with van der Waals surface area (Å²) >= 11 is 1.34. The summed E-state index contributed by atoms with van der Waals surface area (Å²) in [5, 5.41) is 30.9. The number of aliphatic hydroxyl groups is 1. The van der Waals surface area contributed by atoms with Crippen molar-refractivity contribution in [3.63, 3.8) is 0 Å². The fraction of sp³-hybridized carbons (Fsp3) is 0.250. The zero-order valence-corrected chi connectivity index (χ0v) is 14.0. The van der Waals surface area contributed by atoms with E-state index in [1.807, 2.05) is 12.1 Å². The highest BCUT2D eigenvalue weighted by Crippen LogP contribution is 2.17. The van der Waals surface area contributed by atoms with Gasteiger partial charge < -0.3 is 14.3 Å². The maximum atomic E-state index is 10.1. The van der Waals surface area contributed by atoms with Gasteiger partial charge in [0.2, 0.25) is 5.16 Å². The van der Waals surface area contributed by atoms with Crippen molar-refractivity contribution < 1.29 is 14.3 Å². The molecular weight excluding hydrogens is 342 g/mol. The molecule has 0 aliphatic carbocycles. The van der Waals surface area contributed by atoms with Crippen molar-refractivity contribution in [3.05, 3.63) is 54.0 Å². The lowest BCUT2D eigenvalue weighted by Gasteiger charge is -2.11. The smallest absolute Gasteiger partial charge is 0.209 e. The van der Waals surface area contributed by atoms with Gasteiger partial charge in [-0.05, 0) is 46.8 Å². The van der Waals surface area contributed by atoms with Crippen LogP contribution in [0.25, 0.3) is 0 Å². The minimum Gasteiger partial charge on any atom is -0.491 e. The van der Waals surface area contributed by atoms with Gasteiger partial charge in [0.25, 0.3) is 0 Å². The lowest BCUT2D eigenvalue weighted by atomic mass is 10.2. The molecule has 0 amide bonds. The Kier molecular flexibility index (Phi) is 5.66. The van der Waals surface area contributed by atoms with Gasteiger partial charge in [-0.3, -0.25) is 0 Å². The summed E-state index contributed by atoms with van der Waals surface area (Å²) in [5.41, 5.74) is 0.562. The van der Waals surface area contributed by atoms with Crippen molar-refractivity contribution in [3.8, 4) is 11.8 Å². The fourth-order valence-corrected chi connectivity index (χ4v) is 2.77. The highest BCUT2D eigenvalue weighted by molar-refractivity contribution is 7.99. The Balaban J connectivity index is 1.47. The molecule has 0 saturated heterocycles. The number of aromatic nitrogens is 4. The van der Waals surface area contributed by atoms with Gasteiger partial charge >= 0.3 is 0 Å². The molecule has 25 heavy (non-hydrogen) atoms. The molecule has 0 radical (unpaired) electrons. The Morgan fingerprint density at radius 2 is 2.16 bits per heavy atom. The maximum absolute atomic E-state index is 10.1. The van der Waals surface area contributed by atoms with E-state index >= 15 is 0 Å². The SMILES string of the molecule is N#Cc1ccc(OCC(O)CSc2nnnn2Cc2ccco2)cc1. The number of hydrogen-bond donors (Lipinski definition) is 1. The van der Waals surface area contributed by atoms with Crippen LogP contribution in [0.5, 0.6) is 5.75 Å². The summed E-state index contributed by atoms with van der Waals surface area (Å²) in [4.78, 5) is 0. The van der Waals surface area contributed by atoms with Crippen molar-refractivity contribution in [1.29, 1.82) is 5.26 Å². The van der Waals surface area contributed by atoms with Crippen molar-refractivity contribution in [2.45, 2.75) is 17.8 Å². The van der Waals surface area contributed by atoms with E-state index in [0.29, 0.717) is 28.8 Å². The Hall–Kier alpha value is -2.83. The van der Waals surface area contributed by atoms with E-state index in [0.717, 1.165) is 5.76 Å². The molecule has 8 nitrogen and oxygen atoms in total. The van der Waals surface area contributed by atoms with E-state index in [1.54, 1.807) is 41.3 Å². The summed E-state index contributed by atoms with van der Waals surface area (Å²) in [6.45, 7) is 0.568. The topological polar surface area (TPSA) is 110 Å². The van der Waals surface area contributed by atoms with Gasteiger partial charge in [0, 0.05) is 5.75 Å². The normalized spacial score (nSPS) is 11.8. The van der Waals surface area contributed by atoms with Crippen LogP contribution in [0.1, 0.15) is 11.3 Å². The monoisotopic (exact) mass is 357 g/mol. The highest BCUT2D eigenvalue weighted by Gasteiger charge is 2.12. The van der Waals surface area contributed by atoms with Crippen molar-refractivity contribution in [1.82, 2.24) is 20.2 Å². The summed E-state index contributed by atoms with van der Waals surface area (Å²) in [5.74, 6) is 1.74. The molecule has 2 aromatic heterocycles. The average Bonchev–Trinajstić information content (AvgIpc) is 3.31. The van der Waals surface area contributed by atoms with Gasteiger partial charge in [-0.15, -0.1) is 5.10 Å². The average molecular weight is 357 g/mol. The minimum absolute atomic E-state index is 0.138. The number of aliphatic hydroxyl groups excluding tert-OH is 1. The molecule has 1 unspecified atom stereocenters. The predicted molar refractivity (Wildman–Crippen MR) is 89.0 cm³/mol. The number of benzene rings is 1. The standard InChI is InChI=1S/C16H15N5O3S/c17-8-12-3-5-14(6-4-12)24-10-13(22)11-25-16-18-19-20-21(16)9-15-2-1-7-23-15/h1-7,13,22H,9-11H2. The molecule has 0 saturated carbocycles. The Bertz CT molecular complexity index is 826. The van der Waals surface area contributed by atoms with Crippen LogP contribution in [0.4, 0.5) is 0 Å². The zero-order chi connectivity index (χ0) is 17.5. The molecule has 0 bridgehead atoms. The number of nitrogens with zero attached hydrogens (tertiary/aromatic N) is 5. The number of thioether (sulfide) groups is 1. The molecule has 1 atom stereocenters. The summed E-state index contributed by atoms with van der Waals surface area (Å²) in [7, 11) is 0. The van der Waals surface area contributed by atoms with Crippen LogP contribution in [-0.2, 0) is 6.54 Å². The molecule has 0 spiro atoms. The van der Waals surface area contributed by atoms with Crippen LogP contribution in [0.3, 0.4) is 0 Å². The van der Waals surface area contributed by atoms with Gasteiger partial charge in [-0.1, -0.05) is 11.8 Å². The van der Waals surface area contributed by atoms with E-state index < -0.39 is 6.10 Å². The van der Waals surface area contributed by atoms with Crippen LogP contribution in [0, 0.1) is 11.3 Å². The number of nitriles is 1. The second-order valence-corrected chi connectivity index (χ2v) is 6.10. The molecule has 1 aromatic carbocycles. The van der Waals surface area contributed by atoms with E-state index in [2.05, 4.69) is 15.5 Å². The predicted octanol–water partition coefficient (Wildman–Crippen LogP) is 1.72. The molecule has 2 heterocycles. The lowest BCUT2D eigenvalue weighted by Crippen LogP contribution is -2.20. The number of hydrogen-bond acceptors (Lipinski definition) is 8. The minimum atomic E-state index is -0.686. The molecule has 128 valence electrons. The number of rotatable bonds is 8. The van der Waals surface area contributed by atoms with Crippen molar-refractivity contribution >= 4 is 11.8 Å². The van der Waals surface area contributed by atoms with Gasteiger partial charge in [0.1, 0.15) is 24.7 Å². The second-order valence-electron chi connectivity index (χ2n) is 5.11. The molecule has 9 heteroatoms. The van der Waals surface area contributed by atoms with Crippen molar-refractivity contribution in [2.75, 3.05) is 12.4 Å². The quantitative estimate of drug-likeness (QED) is 0.607. The maximum Gasteiger partial charge on any atom is 0.209 e. The Morgan fingerprint density at radius 1 is 1.32 bits per heavy atom. The third-order valence-corrected chi connectivity index (χ3v) is 4.32. The van der Waals surface area contributed by atoms with Gasteiger partial charge in [-0.25, -0.2) is 4.68 Å². The first-order valence-electron chi connectivity index (χ1n) is 7.47. The van der Waals surface area contributed by atoms with Crippen LogP contribution >= 0.6 is 11.8 Å². The molecule has 0 aliphatic rings. The van der Waals surface area contributed by atoms with Crippen LogP contribution < -0.4 is 4.74 Å². The molecule has 0 fully saturated rings. The third-order valence-electron chi connectivity index (χ3n) is 3.22. The zero-order valence-electron chi connectivity index (χ0n) is 13.1. The van der Waals surface area contributed by atoms with Crippen molar-refractivity contribution in [2.24, 2.45) is 0 Å². The molecule has 1 N–H and O–H groups in total. The van der Waals surface area contributed by atoms with Gasteiger partial charge in [0.05, 0.1) is 24.0 Å². The third kappa shape index (κ3) is 4.82. The van der Waals surface area contributed by atoms with E-state index in [9.17, 15) is 5.11 Å².